The first-order valence-electron chi connectivity index (χ1n) is 6.71. The molecule has 1 fully saturated rings. The molecule has 0 unspecified atom stereocenters. The van der Waals surface area contributed by atoms with E-state index in [4.69, 9.17) is 0 Å². The maximum absolute atomic E-state index is 9.28. The first-order valence-corrected chi connectivity index (χ1v) is 7.50. The van der Waals surface area contributed by atoms with Gasteiger partial charge in [0.25, 0.3) is 0 Å². The van der Waals surface area contributed by atoms with Gasteiger partial charge in [-0.25, -0.2) is 0 Å². The molecule has 5 heteroatoms. The zero-order valence-electron chi connectivity index (χ0n) is 11.2. The van der Waals surface area contributed by atoms with Crippen LogP contribution in [0.4, 0.5) is 0 Å². The zero-order chi connectivity index (χ0) is 13.2. The van der Waals surface area contributed by atoms with Crippen LogP contribution in [0.3, 0.4) is 0 Å². The molecule has 0 saturated heterocycles. The van der Waals surface area contributed by atoms with Gasteiger partial charge in [-0.05, 0) is 42.1 Å². The minimum absolute atomic E-state index is 0.164. The average Bonchev–Trinajstić information content (AvgIpc) is 3.10. The summed E-state index contributed by atoms with van der Waals surface area (Å²) in [6.45, 7) is 7.12. The average molecular weight is 316 g/mol. The van der Waals surface area contributed by atoms with Crippen LogP contribution in [0, 0.1) is 5.41 Å². The zero-order valence-corrected chi connectivity index (χ0v) is 12.8. The normalized spacial score (nSPS) is 17.1. The summed E-state index contributed by atoms with van der Waals surface area (Å²) in [5, 5.41) is 17.3. The maximum atomic E-state index is 9.28. The highest BCUT2D eigenvalue weighted by molar-refractivity contribution is 9.10. The predicted molar refractivity (Wildman–Crippen MR) is 75.4 cm³/mol. The quantitative estimate of drug-likeness (QED) is 0.810. The van der Waals surface area contributed by atoms with Crippen LogP contribution in [0.15, 0.2) is 4.47 Å². The third kappa shape index (κ3) is 2.78. The van der Waals surface area contributed by atoms with Gasteiger partial charge in [0.05, 0.1) is 15.9 Å². The highest BCUT2D eigenvalue weighted by Crippen LogP contribution is 2.44. The summed E-state index contributed by atoms with van der Waals surface area (Å²) in [5.41, 5.74) is 2.50. The lowest BCUT2D eigenvalue weighted by atomic mass is 10.1. The Morgan fingerprint density at radius 3 is 2.67 bits per heavy atom. The van der Waals surface area contributed by atoms with Gasteiger partial charge in [0, 0.05) is 31.7 Å². The van der Waals surface area contributed by atoms with E-state index in [0.717, 1.165) is 49.1 Å². The molecule has 102 valence electrons. The number of hydrogen-bond acceptors (Lipinski definition) is 3. The summed E-state index contributed by atoms with van der Waals surface area (Å²) in [6.07, 6.45) is 3.23. The molecular formula is C13H22BrN3O. The number of aromatic nitrogens is 2. The second-order valence-electron chi connectivity index (χ2n) is 5.14. The van der Waals surface area contributed by atoms with Gasteiger partial charge in [-0.2, -0.15) is 5.10 Å². The second kappa shape index (κ2) is 5.72. The minimum Gasteiger partial charge on any atom is -0.396 e. The van der Waals surface area contributed by atoms with Crippen LogP contribution in [-0.2, 0) is 19.5 Å². The van der Waals surface area contributed by atoms with Crippen molar-refractivity contribution < 1.29 is 5.11 Å². The SMILES string of the molecule is CCc1nn(CC)c(CNCC2(CO)CC2)c1Br. The molecule has 0 aliphatic heterocycles. The number of nitrogens with zero attached hydrogens (tertiary/aromatic N) is 2. The molecule has 1 heterocycles. The van der Waals surface area contributed by atoms with E-state index >= 15 is 0 Å². The molecule has 1 saturated carbocycles. The Labute approximate surface area is 117 Å². The Kier molecular flexibility index (Phi) is 4.45. The molecule has 1 aliphatic carbocycles. The lowest BCUT2D eigenvalue weighted by molar-refractivity contribution is 0.207. The molecule has 1 aromatic heterocycles. The van der Waals surface area contributed by atoms with Crippen LogP contribution in [0.25, 0.3) is 0 Å². The molecule has 18 heavy (non-hydrogen) atoms. The van der Waals surface area contributed by atoms with Gasteiger partial charge in [0.1, 0.15) is 0 Å². The van der Waals surface area contributed by atoms with Crippen LogP contribution in [0.1, 0.15) is 38.1 Å². The van der Waals surface area contributed by atoms with E-state index in [9.17, 15) is 5.11 Å². The smallest absolute Gasteiger partial charge is 0.0767 e. The number of rotatable bonds is 7. The monoisotopic (exact) mass is 315 g/mol. The number of halogens is 1. The van der Waals surface area contributed by atoms with Crippen molar-refractivity contribution in [2.45, 2.75) is 46.2 Å². The topological polar surface area (TPSA) is 50.1 Å². The molecule has 1 aliphatic rings. The van der Waals surface area contributed by atoms with Crippen molar-refractivity contribution in [3.8, 4) is 0 Å². The van der Waals surface area contributed by atoms with Gasteiger partial charge >= 0.3 is 0 Å². The Bertz CT molecular complexity index is 413. The van der Waals surface area contributed by atoms with Gasteiger partial charge < -0.3 is 10.4 Å². The lowest BCUT2D eigenvalue weighted by Crippen LogP contribution is -2.27. The molecular weight excluding hydrogens is 294 g/mol. The molecule has 0 radical (unpaired) electrons. The summed E-state index contributed by atoms with van der Waals surface area (Å²) >= 11 is 3.64. The fourth-order valence-corrected chi connectivity index (χ4v) is 2.90. The van der Waals surface area contributed by atoms with E-state index < -0.39 is 0 Å². The molecule has 2 N–H and O–H groups in total. The molecule has 0 bridgehead atoms. The van der Waals surface area contributed by atoms with Crippen molar-refractivity contribution >= 4 is 15.9 Å². The van der Waals surface area contributed by atoms with Gasteiger partial charge in [-0.1, -0.05) is 6.92 Å². The van der Waals surface area contributed by atoms with Crippen LogP contribution in [0.5, 0.6) is 0 Å². The first-order chi connectivity index (χ1) is 8.65. The highest BCUT2D eigenvalue weighted by Gasteiger charge is 2.41. The maximum Gasteiger partial charge on any atom is 0.0767 e. The van der Waals surface area contributed by atoms with Gasteiger partial charge in [0.15, 0.2) is 0 Å². The van der Waals surface area contributed by atoms with E-state index in [1.807, 2.05) is 0 Å². The van der Waals surface area contributed by atoms with Crippen molar-refractivity contribution in [3.63, 3.8) is 0 Å². The summed E-state index contributed by atoms with van der Waals surface area (Å²) in [5.74, 6) is 0. The molecule has 4 nitrogen and oxygen atoms in total. The first kappa shape index (κ1) is 14.0. The van der Waals surface area contributed by atoms with Crippen LogP contribution >= 0.6 is 15.9 Å². The van der Waals surface area contributed by atoms with Crippen LogP contribution in [-0.4, -0.2) is 28.0 Å². The van der Waals surface area contributed by atoms with E-state index in [0.29, 0.717) is 6.61 Å². The third-order valence-electron chi connectivity index (χ3n) is 3.78. The minimum atomic E-state index is 0.164. The van der Waals surface area contributed by atoms with Gasteiger partial charge in [-0.3, -0.25) is 4.68 Å². The van der Waals surface area contributed by atoms with E-state index in [2.05, 4.69) is 44.9 Å². The Balaban J connectivity index is 1.97. The molecule has 0 aromatic carbocycles. The van der Waals surface area contributed by atoms with Crippen molar-refractivity contribution in [2.24, 2.45) is 5.41 Å². The van der Waals surface area contributed by atoms with E-state index in [-0.39, 0.29) is 5.41 Å². The Morgan fingerprint density at radius 1 is 1.44 bits per heavy atom. The van der Waals surface area contributed by atoms with Crippen molar-refractivity contribution in [1.82, 2.24) is 15.1 Å². The molecule has 0 amide bonds. The summed E-state index contributed by atoms with van der Waals surface area (Å²) in [4.78, 5) is 0. The number of aliphatic hydroxyl groups is 1. The number of nitrogens with one attached hydrogen (secondary N) is 1. The number of aryl methyl sites for hydroxylation is 2. The standard InChI is InChI=1S/C13H22BrN3O/c1-3-10-12(14)11(17(4-2)16-10)7-15-8-13(9-18)5-6-13/h15,18H,3-9H2,1-2H3. The van der Waals surface area contributed by atoms with Crippen LogP contribution < -0.4 is 5.32 Å². The number of hydrogen-bond donors (Lipinski definition) is 2. The lowest BCUT2D eigenvalue weighted by Gasteiger charge is -2.13. The van der Waals surface area contributed by atoms with Gasteiger partial charge in [0.2, 0.25) is 0 Å². The van der Waals surface area contributed by atoms with Crippen molar-refractivity contribution in [1.29, 1.82) is 0 Å². The van der Waals surface area contributed by atoms with Crippen molar-refractivity contribution in [3.05, 3.63) is 15.9 Å². The van der Waals surface area contributed by atoms with E-state index in [1.165, 1.54) is 5.69 Å². The Hall–Kier alpha value is -0.390. The molecule has 1 aromatic rings. The van der Waals surface area contributed by atoms with Crippen molar-refractivity contribution in [2.75, 3.05) is 13.2 Å². The van der Waals surface area contributed by atoms with E-state index in [1.54, 1.807) is 0 Å². The summed E-state index contributed by atoms with van der Waals surface area (Å²) in [6, 6.07) is 0. The summed E-state index contributed by atoms with van der Waals surface area (Å²) in [7, 11) is 0. The fourth-order valence-electron chi connectivity index (χ4n) is 2.20. The fraction of sp³-hybridized carbons (Fsp3) is 0.769. The largest absolute Gasteiger partial charge is 0.396 e. The second-order valence-corrected chi connectivity index (χ2v) is 5.93. The van der Waals surface area contributed by atoms with Crippen LogP contribution in [0.2, 0.25) is 0 Å². The Morgan fingerprint density at radius 2 is 2.17 bits per heavy atom. The predicted octanol–water partition coefficient (Wildman–Crippen LogP) is 2.09. The molecule has 0 atom stereocenters. The molecule has 0 spiro atoms. The number of aliphatic hydroxyl groups excluding tert-OH is 1. The highest BCUT2D eigenvalue weighted by atomic mass is 79.9. The molecule has 2 rings (SSSR count). The third-order valence-corrected chi connectivity index (χ3v) is 4.69. The summed E-state index contributed by atoms with van der Waals surface area (Å²) < 4.78 is 3.18. The van der Waals surface area contributed by atoms with Gasteiger partial charge in [-0.15, -0.1) is 0 Å².